The first-order valence-corrected chi connectivity index (χ1v) is 7.07. The largest absolute Gasteiger partial charge is 0.394 e. The number of aliphatic hydroxyl groups is 1. The van der Waals surface area contributed by atoms with E-state index in [1.54, 1.807) is 6.07 Å². The minimum atomic E-state index is -0.519. The number of nitro groups is 1. The lowest BCUT2D eigenvalue weighted by atomic mass is 9.76. The van der Waals surface area contributed by atoms with Crippen LogP contribution in [0.15, 0.2) is 18.2 Å². The van der Waals surface area contributed by atoms with E-state index in [-0.39, 0.29) is 17.9 Å². The zero-order chi connectivity index (χ0) is 15.5. The van der Waals surface area contributed by atoms with Crippen molar-refractivity contribution in [1.29, 1.82) is 5.26 Å². The van der Waals surface area contributed by atoms with Gasteiger partial charge in [-0.3, -0.25) is 10.1 Å². The minimum Gasteiger partial charge on any atom is -0.394 e. The van der Waals surface area contributed by atoms with Crippen molar-refractivity contribution in [2.75, 3.05) is 11.9 Å². The second-order valence-electron chi connectivity index (χ2n) is 5.86. The zero-order valence-corrected chi connectivity index (χ0v) is 12.0. The fourth-order valence-corrected chi connectivity index (χ4v) is 3.09. The number of aliphatic hydroxyl groups excluding tert-OH is 1. The summed E-state index contributed by atoms with van der Waals surface area (Å²) in [7, 11) is 0. The van der Waals surface area contributed by atoms with Crippen molar-refractivity contribution in [3.63, 3.8) is 0 Å². The van der Waals surface area contributed by atoms with Gasteiger partial charge < -0.3 is 10.4 Å². The number of anilines is 1. The van der Waals surface area contributed by atoms with E-state index in [0.29, 0.717) is 11.6 Å². The number of nitrogens with one attached hydrogen (secondary N) is 1. The zero-order valence-electron chi connectivity index (χ0n) is 12.0. The van der Waals surface area contributed by atoms with E-state index in [0.717, 1.165) is 25.7 Å². The van der Waals surface area contributed by atoms with Crippen LogP contribution in [0.4, 0.5) is 11.4 Å². The van der Waals surface area contributed by atoms with Crippen molar-refractivity contribution in [2.45, 2.75) is 38.1 Å². The van der Waals surface area contributed by atoms with Crippen molar-refractivity contribution in [2.24, 2.45) is 5.92 Å². The summed E-state index contributed by atoms with van der Waals surface area (Å²) in [5.74, 6) is 0.502. The summed E-state index contributed by atoms with van der Waals surface area (Å²) in [5, 5.41) is 33.0. The predicted octanol–water partition coefficient (Wildman–Crippen LogP) is 2.82. The number of benzene rings is 1. The molecule has 1 saturated carbocycles. The highest BCUT2D eigenvalue weighted by Crippen LogP contribution is 2.36. The van der Waals surface area contributed by atoms with Crippen molar-refractivity contribution in [3.05, 3.63) is 33.9 Å². The Labute approximate surface area is 123 Å². The molecule has 21 heavy (non-hydrogen) atoms. The van der Waals surface area contributed by atoms with Crippen LogP contribution in [-0.2, 0) is 0 Å². The Kier molecular flexibility index (Phi) is 4.43. The number of nitro benzene ring substituents is 1. The number of nitrogens with zero attached hydrogens (tertiary/aromatic N) is 2. The molecule has 0 radical (unpaired) electrons. The molecule has 2 N–H and O–H groups in total. The van der Waals surface area contributed by atoms with E-state index < -0.39 is 10.5 Å². The van der Waals surface area contributed by atoms with Gasteiger partial charge in [-0.05, 0) is 24.8 Å². The Bertz CT molecular complexity index is 582. The average molecular weight is 289 g/mol. The second kappa shape index (κ2) is 6.10. The number of hydrogen-bond donors (Lipinski definition) is 2. The van der Waals surface area contributed by atoms with Gasteiger partial charge in [-0.15, -0.1) is 0 Å². The SMILES string of the molecule is CC1CCCC(CO)(Nc2ccc([N+](=O)[O-])cc2C#N)C1. The molecule has 0 amide bonds. The molecule has 0 aromatic heterocycles. The van der Waals surface area contributed by atoms with E-state index in [9.17, 15) is 20.5 Å². The van der Waals surface area contributed by atoms with Gasteiger partial charge in [0.05, 0.1) is 28.3 Å². The molecule has 2 rings (SSSR count). The lowest BCUT2D eigenvalue weighted by Crippen LogP contribution is -2.46. The monoisotopic (exact) mass is 289 g/mol. The van der Waals surface area contributed by atoms with Crippen LogP contribution in [0, 0.1) is 27.4 Å². The van der Waals surface area contributed by atoms with E-state index >= 15 is 0 Å². The number of hydrogen-bond acceptors (Lipinski definition) is 5. The summed E-state index contributed by atoms with van der Waals surface area (Å²) in [5.41, 5.74) is 0.230. The molecule has 6 nitrogen and oxygen atoms in total. The summed E-state index contributed by atoms with van der Waals surface area (Å²) >= 11 is 0. The summed E-state index contributed by atoms with van der Waals surface area (Å²) in [4.78, 5) is 10.2. The maximum Gasteiger partial charge on any atom is 0.270 e. The molecular formula is C15H19N3O3. The van der Waals surface area contributed by atoms with Gasteiger partial charge in [0, 0.05) is 12.1 Å². The lowest BCUT2D eigenvalue weighted by Gasteiger charge is -2.40. The topological polar surface area (TPSA) is 99.2 Å². The van der Waals surface area contributed by atoms with Crippen molar-refractivity contribution >= 4 is 11.4 Å². The number of rotatable bonds is 4. The molecule has 112 valence electrons. The third kappa shape index (κ3) is 3.31. The van der Waals surface area contributed by atoms with E-state index in [2.05, 4.69) is 12.2 Å². The van der Waals surface area contributed by atoms with Crippen LogP contribution in [0.2, 0.25) is 0 Å². The van der Waals surface area contributed by atoms with Crippen molar-refractivity contribution in [3.8, 4) is 6.07 Å². The van der Waals surface area contributed by atoms with Gasteiger partial charge in [0.15, 0.2) is 0 Å². The highest BCUT2D eigenvalue weighted by atomic mass is 16.6. The molecule has 0 saturated heterocycles. The third-order valence-corrected chi connectivity index (χ3v) is 4.13. The first-order chi connectivity index (χ1) is 9.99. The maximum atomic E-state index is 10.8. The number of non-ortho nitro benzene ring substituents is 1. The van der Waals surface area contributed by atoms with Crippen LogP contribution < -0.4 is 5.32 Å². The van der Waals surface area contributed by atoms with Crippen LogP contribution >= 0.6 is 0 Å². The first-order valence-electron chi connectivity index (χ1n) is 7.07. The molecule has 2 unspecified atom stereocenters. The normalized spacial score (nSPS) is 25.1. The standard InChI is InChI=1S/C15H19N3O3/c1-11-3-2-6-15(8-11,10-19)17-14-5-4-13(18(20)21)7-12(14)9-16/h4-5,7,11,17,19H,2-3,6,8,10H2,1H3. The molecule has 1 aromatic carbocycles. The van der Waals surface area contributed by atoms with E-state index in [1.807, 2.05) is 6.07 Å². The molecule has 1 aromatic rings. The Hall–Kier alpha value is -2.13. The van der Waals surface area contributed by atoms with Crippen molar-refractivity contribution < 1.29 is 10.0 Å². The Morgan fingerprint density at radius 2 is 2.38 bits per heavy atom. The molecule has 2 atom stereocenters. The summed E-state index contributed by atoms with van der Waals surface area (Å²) in [6, 6.07) is 6.17. The van der Waals surface area contributed by atoms with Crippen LogP contribution in [0.5, 0.6) is 0 Å². The van der Waals surface area contributed by atoms with Crippen LogP contribution in [0.3, 0.4) is 0 Å². The summed E-state index contributed by atoms with van der Waals surface area (Å²) in [6.07, 6.45) is 3.81. The molecule has 6 heteroatoms. The molecular weight excluding hydrogens is 270 g/mol. The lowest BCUT2D eigenvalue weighted by molar-refractivity contribution is -0.384. The quantitative estimate of drug-likeness (QED) is 0.656. The highest BCUT2D eigenvalue weighted by molar-refractivity contribution is 5.62. The Morgan fingerprint density at radius 1 is 1.62 bits per heavy atom. The van der Waals surface area contributed by atoms with Crippen LogP contribution in [0.1, 0.15) is 38.2 Å². The van der Waals surface area contributed by atoms with Gasteiger partial charge in [-0.2, -0.15) is 5.26 Å². The summed E-state index contributed by atoms with van der Waals surface area (Å²) in [6.45, 7) is 2.13. The molecule has 1 aliphatic rings. The first kappa shape index (κ1) is 15.3. The molecule has 0 bridgehead atoms. The molecule has 0 aliphatic heterocycles. The molecule has 0 heterocycles. The molecule has 1 fully saturated rings. The molecule has 0 spiro atoms. The van der Waals surface area contributed by atoms with Gasteiger partial charge in [-0.25, -0.2) is 0 Å². The fourth-order valence-electron chi connectivity index (χ4n) is 3.09. The minimum absolute atomic E-state index is 0.0147. The average Bonchev–Trinajstić information content (AvgIpc) is 2.47. The molecule has 1 aliphatic carbocycles. The van der Waals surface area contributed by atoms with Gasteiger partial charge in [0.2, 0.25) is 0 Å². The summed E-state index contributed by atoms with van der Waals surface area (Å²) < 4.78 is 0. The van der Waals surface area contributed by atoms with Crippen LogP contribution in [0.25, 0.3) is 0 Å². The fraction of sp³-hybridized carbons (Fsp3) is 0.533. The predicted molar refractivity (Wildman–Crippen MR) is 78.9 cm³/mol. The van der Waals surface area contributed by atoms with Gasteiger partial charge in [0.1, 0.15) is 6.07 Å². The van der Waals surface area contributed by atoms with E-state index in [4.69, 9.17) is 0 Å². The van der Waals surface area contributed by atoms with Gasteiger partial charge in [0.25, 0.3) is 5.69 Å². The van der Waals surface area contributed by atoms with E-state index in [1.165, 1.54) is 12.1 Å². The Balaban J connectivity index is 2.29. The number of nitriles is 1. The highest BCUT2D eigenvalue weighted by Gasteiger charge is 2.34. The van der Waals surface area contributed by atoms with Gasteiger partial charge >= 0.3 is 0 Å². The van der Waals surface area contributed by atoms with Crippen LogP contribution in [-0.4, -0.2) is 22.2 Å². The smallest absolute Gasteiger partial charge is 0.270 e. The maximum absolute atomic E-state index is 10.8. The van der Waals surface area contributed by atoms with Crippen molar-refractivity contribution in [1.82, 2.24) is 0 Å². The van der Waals surface area contributed by atoms with Gasteiger partial charge in [-0.1, -0.05) is 19.8 Å². The second-order valence-corrected chi connectivity index (χ2v) is 5.86. The Morgan fingerprint density at radius 3 is 2.95 bits per heavy atom. The third-order valence-electron chi connectivity index (χ3n) is 4.13.